The standard InChI is InChI=1S/C9H14Cl2N2O4/c1-4-17-9(16)8(13(11)7(3)15)5-12(10)6(2)14/h8H,4-5H2,1-3H3. The highest BCUT2D eigenvalue weighted by atomic mass is 35.5. The SMILES string of the molecule is CCOC(=O)C(CN(Cl)C(C)=O)N(Cl)C(C)=O. The molecule has 17 heavy (non-hydrogen) atoms. The number of carbonyl (C=O) groups excluding carboxylic acids is 3. The van der Waals surface area contributed by atoms with E-state index in [1.165, 1.54) is 13.8 Å². The first kappa shape index (κ1) is 16.0. The van der Waals surface area contributed by atoms with E-state index in [1.54, 1.807) is 6.92 Å². The summed E-state index contributed by atoms with van der Waals surface area (Å²) in [7, 11) is 0. The van der Waals surface area contributed by atoms with Gasteiger partial charge in [0.15, 0.2) is 6.04 Å². The lowest BCUT2D eigenvalue weighted by Crippen LogP contribution is -2.46. The number of hydrogen-bond donors (Lipinski definition) is 0. The van der Waals surface area contributed by atoms with Gasteiger partial charge in [0.1, 0.15) is 0 Å². The van der Waals surface area contributed by atoms with Crippen LogP contribution < -0.4 is 0 Å². The van der Waals surface area contributed by atoms with Crippen molar-refractivity contribution in [3.63, 3.8) is 0 Å². The normalized spacial score (nSPS) is 11.6. The van der Waals surface area contributed by atoms with Crippen molar-refractivity contribution in [2.75, 3.05) is 13.2 Å². The first-order chi connectivity index (χ1) is 7.81. The Morgan fingerprint density at radius 1 is 1.18 bits per heavy atom. The Balaban J connectivity index is 4.78. The van der Waals surface area contributed by atoms with Gasteiger partial charge in [-0.1, -0.05) is 0 Å². The van der Waals surface area contributed by atoms with Gasteiger partial charge in [0, 0.05) is 37.4 Å². The molecule has 0 N–H and O–H groups in total. The van der Waals surface area contributed by atoms with Gasteiger partial charge in [-0.3, -0.25) is 14.0 Å². The second-order valence-electron chi connectivity index (χ2n) is 3.16. The fourth-order valence-electron chi connectivity index (χ4n) is 0.977. The minimum atomic E-state index is -1.13. The van der Waals surface area contributed by atoms with Crippen LogP contribution in [0, 0.1) is 0 Å². The van der Waals surface area contributed by atoms with Crippen LogP contribution in [0.1, 0.15) is 20.8 Å². The molecule has 8 heteroatoms. The highest BCUT2D eigenvalue weighted by Gasteiger charge is 2.31. The summed E-state index contributed by atoms with van der Waals surface area (Å²) >= 11 is 11.2. The van der Waals surface area contributed by atoms with Gasteiger partial charge in [-0.25, -0.2) is 9.21 Å². The second kappa shape index (κ2) is 7.34. The molecule has 2 amide bonds. The molecule has 6 nitrogen and oxygen atoms in total. The van der Waals surface area contributed by atoms with Crippen molar-refractivity contribution in [2.45, 2.75) is 26.8 Å². The van der Waals surface area contributed by atoms with Crippen LogP contribution in [0.15, 0.2) is 0 Å². The molecule has 0 spiro atoms. The van der Waals surface area contributed by atoms with E-state index in [4.69, 9.17) is 28.3 Å². The molecule has 0 saturated heterocycles. The molecule has 0 aliphatic carbocycles. The molecule has 1 atom stereocenters. The van der Waals surface area contributed by atoms with Crippen LogP contribution in [0.2, 0.25) is 0 Å². The quantitative estimate of drug-likeness (QED) is 0.556. The molecule has 0 aromatic rings. The van der Waals surface area contributed by atoms with Gasteiger partial charge < -0.3 is 4.74 Å². The van der Waals surface area contributed by atoms with Gasteiger partial charge in [-0.2, -0.15) is 0 Å². The highest BCUT2D eigenvalue weighted by Crippen LogP contribution is 2.10. The summed E-state index contributed by atoms with van der Waals surface area (Å²) in [4.78, 5) is 33.6. The number of rotatable bonds is 5. The summed E-state index contributed by atoms with van der Waals surface area (Å²) in [5.74, 6) is -1.72. The van der Waals surface area contributed by atoms with Gasteiger partial charge in [0.05, 0.1) is 13.2 Å². The lowest BCUT2D eigenvalue weighted by molar-refractivity contribution is -0.151. The lowest BCUT2D eigenvalue weighted by atomic mass is 10.3. The monoisotopic (exact) mass is 284 g/mol. The third-order valence-corrected chi connectivity index (χ3v) is 2.66. The van der Waals surface area contributed by atoms with E-state index in [0.29, 0.717) is 4.42 Å². The van der Waals surface area contributed by atoms with Gasteiger partial charge in [-0.15, -0.1) is 0 Å². The van der Waals surface area contributed by atoms with Crippen LogP contribution in [-0.4, -0.2) is 45.8 Å². The number of carbonyl (C=O) groups is 3. The van der Waals surface area contributed by atoms with Crippen LogP contribution in [-0.2, 0) is 19.1 Å². The summed E-state index contributed by atoms with van der Waals surface area (Å²) in [5, 5.41) is 0. The van der Waals surface area contributed by atoms with E-state index < -0.39 is 23.8 Å². The lowest BCUT2D eigenvalue weighted by Gasteiger charge is -2.25. The minimum Gasteiger partial charge on any atom is -0.464 e. The average molecular weight is 285 g/mol. The zero-order valence-electron chi connectivity index (χ0n) is 9.77. The van der Waals surface area contributed by atoms with Crippen LogP contribution in [0.5, 0.6) is 0 Å². The third-order valence-electron chi connectivity index (χ3n) is 1.81. The third kappa shape index (κ3) is 5.23. The summed E-state index contributed by atoms with van der Waals surface area (Å²) in [5.41, 5.74) is 0. The maximum atomic E-state index is 11.6. The van der Waals surface area contributed by atoms with E-state index >= 15 is 0 Å². The molecule has 1 unspecified atom stereocenters. The Morgan fingerprint density at radius 2 is 1.71 bits per heavy atom. The Morgan fingerprint density at radius 3 is 2.06 bits per heavy atom. The number of amides is 2. The Labute approximate surface area is 110 Å². The Bertz CT molecular complexity index is 311. The van der Waals surface area contributed by atoms with Crippen molar-refractivity contribution in [2.24, 2.45) is 0 Å². The first-order valence-corrected chi connectivity index (χ1v) is 5.55. The zero-order valence-corrected chi connectivity index (χ0v) is 11.3. The molecule has 0 aromatic carbocycles. The fourth-order valence-corrected chi connectivity index (χ4v) is 1.25. The summed E-state index contributed by atoms with van der Waals surface area (Å²) in [6, 6.07) is -1.13. The molecule has 0 heterocycles. The van der Waals surface area contributed by atoms with E-state index in [9.17, 15) is 14.4 Å². The number of nitrogens with zero attached hydrogens (tertiary/aromatic N) is 2. The van der Waals surface area contributed by atoms with Gasteiger partial charge in [0.2, 0.25) is 11.8 Å². The summed E-state index contributed by atoms with van der Waals surface area (Å²) in [6.07, 6.45) is 0. The molecule has 0 aliphatic heterocycles. The van der Waals surface area contributed by atoms with E-state index in [2.05, 4.69) is 0 Å². The number of hydrogen-bond acceptors (Lipinski definition) is 4. The van der Waals surface area contributed by atoms with Crippen molar-refractivity contribution in [1.29, 1.82) is 0 Å². The molecule has 0 radical (unpaired) electrons. The molecule has 98 valence electrons. The largest absolute Gasteiger partial charge is 0.464 e. The van der Waals surface area contributed by atoms with E-state index in [1.807, 2.05) is 0 Å². The van der Waals surface area contributed by atoms with Gasteiger partial charge in [-0.05, 0) is 6.92 Å². The molecule has 0 fully saturated rings. The minimum absolute atomic E-state index is 0.139. The number of ether oxygens (including phenoxy) is 1. The maximum Gasteiger partial charge on any atom is 0.332 e. The smallest absolute Gasteiger partial charge is 0.332 e. The average Bonchev–Trinajstić information content (AvgIpc) is 2.24. The van der Waals surface area contributed by atoms with Crippen molar-refractivity contribution in [3.05, 3.63) is 0 Å². The molecular formula is C9H14Cl2N2O4. The summed E-state index contributed by atoms with van der Waals surface area (Å²) in [6.45, 7) is 3.93. The Hall–Kier alpha value is -1.01. The summed E-state index contributed by atoms with van der Waals surface area (Å²) < 4.78 is 6.17. The van der Waals surface area contributed by atoms with Crippen LogP contribution in [0.25, 0.3) is 0 Å². The van der Waals surface area contributed by atoms with Crippen molar-refractivity contribution >= 4 is 41.3 Å². The van der Waals surface area contributed by atoms with Crippen LogP contribution >= 0.6 is 23.6 Å². The van der Waals surface area contributed by atoms with Crippen LogP contribution in [0.4, 0.5) is 0 Å². The highest BCUT2D eigenvalue weighted by molar-refractivity contribution is 6.23. The Kier molecular flexibility index (Phi) is 6.91. The first-order valence-electron chi connectivity index (χ1n) is 4.87. The molecular weight excluding hydrogens is 271 g/mol. The van der Waals surface area contributed by atoms with E-state index in [0.717, 1.165) is 4.42 Å². The van der Waals surface area contributed by atoms with Gasteiger partial charge in [0.25, 0.3) is 0 Å². The molecule has 0 bridgehead atoms. The molecule has 0 aliphatic rings. The van der Waals surface area contributed by atoms with E-state index in [-0.39, 0.29) is 13.2 Å². The maximum absolute atomic E-state index is 11.6. The predicted octanol–water partition coefficient (Wildman–Crippen LogP) is 0.923. The number of halogens is 2. The molecule has 0 aromatic heterocycles. The van der Waals surface area contributed by atoms with Crippen molar-refractivity contribution in [3.8, 4) is 0 Å². The second-order valence-corrected chi connectivity index (χ2v) is 3.93. The van der Waals surface area contributed by atoms with Crippen molar-refractivity contribution in [1.82, 2.24) is 8.84 Å². The topological polar surface area (TPSA) is 66.9 Å². The van der Waals surface area contributed by atoms with Crippen LogP contribution in [0.3, 0.4) is 0 Å². The number of esters is 1. The molecule has 0 saturated carbocycles. The zero-order chi connectivity index (χ0) is 13.6. The van der Waals surface area contributed by atoms with Crippen molar-refractivity contribution < 1.29 is 19.1 Å². The van der Waals surface area contributed by atoms with Gasteiger partial charge >= 0.3 is 5.97 Å². The fraction of sp³-hybridized carbons (Fsp3) is 0.667. The molecule has 0 rings (SSSR count). The predicted molar refractivity (Wildman–Crippen MR) is 62.0 cm³/mol.